The molecule has 2 aliphatic rings. The van der Waals surface area contributed by atoms with Gasteiger partial charge in [-0.3, -0.25) is 9.08 Å². The topological polar surface area (TPSA) is 65.1 Å². The summed E-state index contributed by atoms with van der Waals surface area (Å²) >= 11 is 0. The number of aryl methyl sites for hydroxylation is 1. The van der Waals surface area contributed by atoms with Gasteiger partial charge in [0.25, 0.3) is 10.1 Å². The van der Waals surface area contributed by atoms with Crippen molar-refractivity contribution >= 4 is 10.1 Å². The van der Waals surface area contributed by atoms with Gasteiger partial charge in [0.1, 0.15) is 5.75 Å². The van der Waals surface area contributed by atoms with E-state index in [-0.39, 0.29) is 29.8 Å². The number of benzene rings is 2. The maximum Gasteiger partial charge on any atom is 0.297 e. The molecular weight excluding hydrogens is 414 g/mol. The molecule has 0 saturated carbocycles. The van der Waals surface area contributed by atoms with E-state index in [1.54, 1.807) is 31.4 Å². The summed E-state index contributed by atoms with van der Waals surface area (Å²) in [5.74, 6) is 0.891. The largest absolute Gasteiger partial charge is 0.496 e. The molecule has 1 saturated heterocycles. The van der Waals surface area contributed by atoms with Gasteiger partial charge in [0.05, 0.1) is 30.8 Å². The Bertz CT molecular complexity index is 1010. The predicted molar refractivity (Wildman–Crippen MR) is 119 cm³/mol. The van der Waals surface area contributed by atoms with Gasteiger partial charge >= 0.3 is 0 Å². The smallest absolute Gasteiger partial charge is 0.297 e. The van der Waals surface area contributed by atoms with Crippen molar-refractivity contribution in [1.82, 2.24) is 4.90 Å². The Hall–Kier alpha value is -1.93. The van der Waals surface area contributed by atoms with E-state index in [1.165, 1.54) is 11.1 Å². The molecule has 2 aromatic rings. The van der Waals surface area contributed by atoms with Crippen LogP contribution in [0.3, 0.4) is 0 Å². The first kappa shape index (κ1) is 22.3. The minimum absolute atomic E-state index is 0.0123. The van der Waals surface area contributed by atoms with Gasteiger partial charge in [0.2, 0.25) is 0 Å². The molecule has 0 spiro atoms. The van der Waals surface area contributed by atoms with Crippen LogP contribution in [0.5, 0.6) is 5.75 Å². The normalized spacial score (nSPS) is 23.8. The highest BCUT2D eigenvalue weighted by molar-refractivity contribution is 7.86. The number of hydrogen-bond donors (Lipinski definition) is 0. The zero-order valence-corrected chi connectivity index (χ0v) is 19.2. The Morgan fingerprint density at radius 1 is 1.13 bits per heavy atom. The molecule has 2 aromatic carbocycles. The molecule has 1 heterocycles. The average molecular weight is 446 g/mol. The minimum Gasteiger partial charge on any atom is -0.496 e. The second kappa shape index (κ2) is 9.28. The van der Waals surface area contributed by atoms with Crippen molar-refractivity contribution in [2.24, 2.45) is 0 Å². The Morgan fingerprint density at radius 2 is 1.90 bits per heavy atom. The monoisotopic (exact) mass is 445 g/mol. The van der Waals surface area contributed by atoms with Crippen LogP contribution in [0.25, 0.3) is 0 Å². The van der Waals surface area contributed by atoms with Crippen LogP contribution in [0.4, 0.5) is 0 Å². The average Bonchev–Trinajstić information content (AvgIpc) is 2.76. The van der Waals surface area contributed by atoms with Gasteiger partial charge < -0.3 is 9.47 Å². The maximum absolute atomic E-state index is 12.6. The van der Waals surface area contributed by atoms with E-state index >= 15 is 0 Å². The van der Waals surface area contributed by atoms with Crippen LogP contribution in [0.2, 0.25) is 0 Å². The molecule has 6 nitrogen and oxygen atoms in total. The van der Waals surface area contributed by atoms with Crippen LogP contribution in [0.15, 0.2) is 47.4 Å². The van der Waals surface area contributed by atoms with Crippen LogP contribution in [0.1, 0.15) is 30.0 Å². The van der Waals surface area contributed by atoms with Gasteiger partial charge in [-0.15, -0.1) is 0 Å². The molecule has 0 N–H and O–H groups in total. The molecule has 0 radical (unpaired) electrons. The molecule has 7 heteroatoms. The summed E-state index contributed by atoms with van der Waals surface area (Å²) in [5, 5.41) is 0. The van der Waals surface area contributed by atoms with E-state index in [2.05, 4.69) is 17.9 Å². The molecule has 0 bridgehead atoms. The second-order valence-electron chi connectivity index (χ2n) is 8.42. The number of fused-ring (bicyclic) bond motifs is 2. The minimum atomic E-state index is -3.81. The van der Waals surface area contributed by atoms with Gasteiger partial charge in [-0.05, 0) is 55.6 Å². The van der Waals surface area contributed by atoms with Gasteiger partial charge in [-0.25, -0.2) is 0 Å². The third-order valence-corrected chi connectivity index (χ3v) is 7.51. The lowest BCUT2D eigenvalue weighted by molar-refractivity contribution is -0.132. The molecule has 31 heavy (non-hydrogen) atoms. The summed E-state index contributed by atoms with van der Waals surface area (Å²) in [4.78, 5) is 2.61. The van der Waals surface area contributed by atoms with Crippen molar-refractivity contribution in [2.45, 2.75) is 56.3 Å². The first-order valence-electron chi connectivity index (χ1n) is 10.9. The number of nitrogens with zero attached hydrogens (tertiary/aromatic N) is 1. The molecule has 0 unspecified atom stereocenters. The van der Waals surface area contributed by atoms with E-state index in [9.17, 15) is 8.42 Å². The van der Waals surface area contributed by atoms with Crippen molar-refractivity contribution in [3.05, 3.63) is 59.2 Å². The predicted octanol–water partition coefficient (Wildman–Crippen LogP) is 3.36. The number of morpholine rings is 1. The summed E-state index contributed by atoms with van der Waals surface area (Å²) in [7, 11) is -2.12. The lowest BCUT2D eigenvalue weighted by Crippen LogP contribution is -2.59. The van der Waals surface area contributed by atoms with Gasteiger partial charge in [-0.2, -0.15) is 8.42 Å². The third kappa shape index (κ3) is 4.80. The van der Waals surface area contributed by atoms with E-state index < -0.39 is 10.1 Å². The number of hydrogen-bond acceptors (Lipinski definition) is 6. The lowest BCUT2D eigenvalue weighted by atomic mass is 9.83. The summed E-state index contributed by atoms with van der Waals surface area (Å²) < 4.78 is 42.6. The van der Waals surface area contributed by atoms with Gasteiger partial charge in [0.15, 0.2) is 0 Å². The number of rotatable bonds is 7. The quantitative estimate of drug-likeness (QED) is 0.609. The van der Waals surface area contributed by atoms with Gasteiger partial charge in [0, 0.05) is 19.0 Å². The highest BCUT2D eigenvalue weighted by Gasteiger charge is 2.41. The highest BCUT2D eigenvalue weighted by atomic mass is 32.2. The first-order chi connectivity index (χ1) is 14.9. The summed E-state index contributed by atoms with van der Waals surface area (Å²) in [6, 6.07) is 13.2. The third-order valence-electron chi connectivity index (χ3n) is 6.22. The molecule has 4 rings (SSSR count). The fourth-order valence-electron chi connectivity index (χ4n) is 4.68. The second-order valence-corrected chi connectivity index (χ2v) is 10.0. The molecule has 1 fully saturated rings. The molecule has 3 atom stereocenters. The summed E-state index contributed by atoms with van der Waals surface area (Å²) in [5.41, 5.74) is 3.50. The Labute approximate surface area is 185 Å². The van der Waals surface area contributed by atoms with Crippen molar-refractivity contribution in [1.29, 1.82) is 0 Å². The van der Waals surface area contributed by atoms with E-state index in [4.69, 9.17) is 13.7 Å². The fourth-order valence-corrected chi connectivity index (χ4v) is 5.62. The Balaban J connectivity index is 1.49. The van der Waals surface area contributed by atoms with Crippen LogP contribution in [-0.4, -0.2) is 58.4 Å². The van der Waals surface area contributed by atoms with Crippen LogP contribution >= 0.6 is 0 Å². The molecule has 1 aliphatic heterocycles. The molecular formula is C24H31NO5S. The zero-order chi connectivity index (χ0) is 22.0. The molecule has 0 amide bonds. The van der Waals surface area contributed by atoms with Crippen molar-refractivity contribution in [3.8, 4) is 5.75 Å². The Morgan fingerprint density at radius 3 is 2.61 bits per heavy atom. The highest BCUT2D eigenvalue weighted by Crippen LogP contribution is 2.35. The molecule has 0 aromatic heterocycles. The molecule has 168 valence electrons. The number of ether oxygens (including phenoxy) is 2. The number of methoxy groups -OCH3 is 1. The van der Waals surface area contributed by atoms with Gasteiger partial charge in [-0.1, -0.05) is 36.8 Å². The fraction of sp³-hybridized carbons (Fsp3) is 0.500. The zero-order valence-electron chi connectivity index (χ0n) is 18.4. The van der Waals surface area contributed by atoms with E-state index in [0.717, 1.165) is 37.1 Å². The van der Waals surface area contributed by atoms with Crippen molar-refractivity contribution in [2.75, 3.05) is 26.8 Å². The van der Waals surface area contributed by atoms with Crippen molar-refractivity contribution < 1.29 is 22.1 Å². The first-order valence-corrected chi connectivity index (χ1v) is 12.3. The van der Waals surface area contributed by atoms with Crippen LogP contribution in [-0.2, 0) is 31.9 Å². The van der Waals surface area contributed by atoms with E-state index in [1.807, 2.05) is 19.1 Å². The van der Waals surface area contributed by atoms with Crippen LogP contribution < -0.4 is 4.74 Å². The Kier molecular flexibility index (Phi) is 6.67. The lowest BCUT2D eigenvalue weighted by Gasteiger charge is -2.47. The summed E-state index contributed by atoms with van der Waals surface area (Å²) in [6.45, 7) is 5.71. The summed E-state index contributed by atoms with van der Waals surface area (Å²) in [6.07, 6.45) is 2.38. The molecule has 1 aliphatic carbocycles. The SMILES string of the molecule is CCCN1C[C@H](COS(=O)(=O)c2ccc(C)cc2)O[C@@H]2Cc3c(cccc3OC)C[C@H]21. The van der Waals surface area contributed by atoms with Crippen LogP contribution in [0, 0.1) is 6.92 Å². The van der Waals surface area contributed by atoms with E-state index in [0.29, 0.717) is 6.54 Å². The standard InChI is InChI=1S/C24H31NO5S/c1-4-12-25-15-19(16-29-31(26,27)20-10-8-17(2)9-11-20)30-24-14-21-18(13-22(24)25)6-5-7-23(21)28-3/h5-11,19,22,24H,4,12-16H2,1-3H3/t19-,22-,24-/m1/s1. The van der Waals surface area contributed by atoms with Crippen molar-refractivity contribution in [3.63, 3.8) is 0 Å². The maximum atomic E-state index is 12.6.